The van der Waals surface area contributed by atoms with Gasteiger partial charge >= 0.3 is 6.09 Å². The summed E-state index contributed by atoms with van der Waals surface area (Å²) in [6.45, 7) is 0.177. The Labute approximate surface area is 151 Å². The average molecular weight is 357 g/mol. The fourth-order valence-corrected chi connectivity index (χ4v) is 3.02. The summed E-state index contributed by atoms with van der Waals surface area (Å²) < 4.78 is 24.0. The molecule has 1 unspecified atom stereocenters. The first-order chi connectivity index (χ1) is 12.6. The molecule has 0 aromatic heterocycles. The Bertz CT molecular complexity index is 794. The largest absolute Gasteiger partial charge is 0.497 e. The third kappa shape index (κ3) is 4.02. The molecular weight excluding hydrogens is 337 g/mol. The van der Waals surface area contributed by atoms with Crippen LogP contribution in [0.1, 0.15) is 17.5 Å². The normalized spacial score (nSPS) is 16.5. The molecule has 0 N–H and O–H groups in total. The van der Waals surface area contributed by atoms with Gasteiger partial charge in [-0.2, -0.15) is 0 Å². The third-order valence-corrected chi connectivity index (χ3v) is 4.41. The number of ether oxygens (including phenoxy) is 2. The number of imide groups is 1. The predicted octanol–water partition coefficient (Wildman–Crippen LogP) is 3.36. The van der Waals surface area contributed by atoms with Gasteiger partial charge in [0.2, 0.25) is 5.91 Å². The molecule has 0 aliphatic carbocycles. The predicted molar refractivity (Wildman–Crippen MR) is 93.4 cm³/mol. The molecular formula is C20H20FNO4. The molecule has 1 fully saturated rings. The zero-order valence-corrected chi connectivity index (χ0v) is 14.5. The monoisotopic (exact) mass is 357 g/mol. The van der Waals surface area contributed by atoms with E-state index in [1.165, 1.54) is 13.2 Å². The van der Waals surface area contributed by atoms with Gasteiger partial charge in [-0.05, 0) is 30.0 Å². The molecule has 1 atom stereocenters. The minimum Gasteiger partial charge on any atom is -0.497 e. The number of carbonyl (C=O) groups is 2. The molecule has 1 saturated heterocycles. The van der Waals surface area contributed by atoms with Crippen LogP contribution in [-0.2, 0) is 22.4 Å². The Morgan fingerprint density at radius 2 is 2.04 bits per heavy atom. The van der Waals surface area contributed by atoms with Crippen LogP contribution in [-0.4, -0.2) is 36.7 Å². The second kappa shape index (κ2) is 7.99. The smallest absolute Gasteiger partial charge is 0.416 e. The first kappa shape index (κ1) is 17.9. The standard InChI is InChI=1S/C20H20FNO4/c1-25-17-9-7-15(18(21)12-17)8-10-19(23)22-16(13-26-20(22)24)11-14-5-3-2-4-6-14/h2-7,9,12,16H,8,10-11,13H2,1H3. The van der Waals surface area contributed by atoms with Gasteiger partial charge in [-0.3, -0.25) is 4.79 Å². The van der Waals surface area contributed by atoms with Crippen LogP contribution in [0.3, 0.4) is 0 Å². The number of nitrogens with zero attached hydrogens (tertiary/aromatic N) is 1. The maximum absolute atomic E-state index is 14.0. The van der Waals surface area contributed by atoms with Crippen molar-refractivity contribution in [2.24, 2.45) is 0 Å². The Balaban J connectivity index is 1.64. The number of hydrogen-bond acceptors (Lipinski definition) is 4. The van der Waals surface area contributed by atoms with Gasteiger partial charge in [0.25, 0.3) is 0 Å². The summed E-state index contributed by atoms with van der Waals surface area (Å²) >= 11 is 0. The van der Waals surface area contributed by atoms with Crippen LogP contribution in [0.15, 0.2) is 48.5 Å². The summed E-state index contributed by atoms with van der Waals surface area (Å²) in [7, 11) is 1.46. The van der Waals surface area contributed by atoms with Crippen LogP contribution in [0.5, 0.6) is 5.75 Å². The lowest BCUT2D eigenvalue weighted by molar-refractivity contribution is -0.129. The van der Waals surface area contributed by atoms with E-state index < -0.39 is 11.9 Å². The van der Waals surface area contributed by atoms with Gasteiger partial charge in [0.1, 0.15) is 18.2 Å². The highest BCUT2D eigenvalue weighted by Crippen LogP contribution is 2.21. The Hall–Kier alpha value is -2.89. The first-order valence-corrected chi connectivity index (χ1v) is 8.43. The molecule has 5 nitrogen and oxygen atoms in total. The lowest BCUT2D eigenvalue weighted by Crippen LogP contribution is -2.40. The summed E-state index contributed by atoms with van der Waals surface area (Å²) in [5, 5.41) is 0. The summed E-state index contributed by atoms with van der Waals surface area (Å²) in [5.41, 5.74) is 1.43. The Kier molecular flexibility index (Phi) is 5.51. The van der Waals surface area contributed by atoms with E-state index in [2.05, 4.69) is 0 Å². The number of cyclic esters (lactones) is 1. The van der Waals surface area contributed by atoms with E-state index in [1.54, 1.807) is 12.1 Å². The fraction of sp³-hybridized carbons (Fsp3) is 0.300. The van der Waals surface area contributed by atoms with Gasteiger partial charge in [-0.1, -0.05) is 36.4 Å². The average Bonchev–Trinajstić information content (AvgIpc) is 3.01. The van der Waals surface area contributed by atoms with Crippen LogP contribution in [0.25, 0.3) is 0 Å². The van der Waals surface area contributed by atoms with Crippen LogP contribution < -0.4 is 4.74 Å². The number of rotatable bonds is 6. The maximum Gasteiger partial charge on any atom is 0.416 e. The molecule has 2 aromatic rings. The van der Waals surface area contributed by atoms with Crippen molar-refractivity contribution in [3.63, 3.8) is 0 Å². The number of hydrogen-bond donors (Lipinski definition) is 0. The highest BCUT2D eigenvalue weighted by molar-refractivity contribution is 5.93. The van der Waals surface area contributed by atoms with E-state index in [4.69, 9.17) is 9.47 Å². The lowest BCUT2D eigenvalue weighted by Gasteiger charge is -2.19. The Morgan fingerprint density at radius 1 is 1.27 bits per heavy atom. The molecule has 1 heterocycles. The van der Waals surface area contributed by atoms with Crippen LogP contribution in [0.4, 0.5) is 9.18 Å². The number of carbonyl (C=O) groups excluding carboxylic acids is 2. The first-order valence-electron chi connectivity index (χ1n) is 8.43. The number of aryl methyl sites for hydroxylation is 1. The minimum atomic E-state index is -0.633. The van der Waals surface area contributed by atoms with Gasteiger partial charge in [-0.25, -0.2) is 14.1 Å². The van der Waals surface area contributed by atoms with E-state index >= 15 is 0 Å². The molecule has 136 valence electrons. The van der Waals surface area contributed by atoms with Crippen LogP contribution in [0.2, 0.25) is 0 Å². The Morgan fingerprint density at radius 3 is 2.73 bits per heavy atom. The molecule has 3 rings (SSSR count). The van der Waals surface area contributed by atoms with E-state index in [0.717, 1.165) is 10.5 Å². The van der Waals surface area contributed by atoms with Crippen molar-refractivity contribution in [1.82, 2.24) is 4.90 Å². The second-order valence-electron chi connectivity index (χ2n) is 6.14. The van der Waals surface area contributed by atoms with E-state index in [9.17, 15) is 14.0 Å². The van der Waals surface area contributed by atoms with Crippen molar-refractivity contribution in [1.29, 1.82) is 0 Å². The summed E-state index contributed by atoms with van der Waals surface area (Å²) in [6.07, 6.45) is 0.140. The lowest BCUT2D eigenvalue weighted by atomic mass is 10.0. The van der Waals surface area contributed by atoms with Crippen molar-refractivity contribution in [3.05, 3.63) is 65.5 Å². The summed E-state index contributed by atoms with van der Waals surface area (Å²) in [5.74, 6) is -0.366. The molecule has 26 heavy (non-hydrogen) atoms. The van der Waals surface area contributed by atoms with Gasteiger partial charge in [0.05, 0.1) is 13.2 Å². The maximum atomic E-state index is 14.0. The summed E-state index contributed by atoms with van der Waals surface area (Å²) in [6, 6.07) is 13.8. The van der Waals surface area contributed by atoms with Crippen molar-refractivity contribution >= 4 is 12.0 Å². The van der Waals surface area contributed by atoms with Gasteiger partial charge < -0.3 is 9.47 Å². The van der Waals surface area contributed by atoms with Gasteiger partial charge in [0, 0.05) is 12.5 Å². The van der Waals surface area contributed by atoms with Crippen LogP contribution >= 0.6 is 0 Å². The topological polar surface area (TPSA) is 55.8 Å². The molecule has 6 heteroatoms. The highest BCUT2D eigenvalue weighted by atomic mass is 19.1. The molecule has 0 radical (unpaired) electrons. The fourth-order valence-electron chi connectivity index (χ4n) is 3.02. The zero-order valence-electron chi connectivity index (χ0n) is 14.5. The van der Waals surface area contributed by atoms with Crippen molar-refractivity contribution in [2.75, 3.05) is 13.7 Å². The van der Waals surface area contributed by atoms with E-state index in [1.807, 2.05) is 30.3 Å². The second-order valence-corrected chi connectivity index (χ2v) is 6.14. The van der Waals surface area contributed by atoms with Crippen molar-refractivity contribution in [3.8, 4) is 5.75 Å². The molecule has 0 saturated carbocycles. The van der Waals surface area contributed by atoms with Gasteiger partial charge in [0.15, 0.2) is 0 Å². The number of amides is 2. The molecule has 0 spiro atoms. The van der Waals surface area contributed by atoms with Crippen molar-refractivity contribution in [2.45, 2.75) is 25.3 Å². The SMILES string of the molecule is COc1ccc(CCC(=O)N2C(=O)OCC2Cc2ccccc2)c(F)c1. The zero-order chi connectivity index (χ0) is 18.5. The molecule has 2 amide bonds. The minimum absolute atomic E-state index is 0.0314. The molecule has 0 bridgehead atoms. The molecule has 2 aromatic carbocycles. The number of halogens is 1. The van der Waals surface area contributed by atoms with E-state index in [-0.39, 0.29) is 31.4 Å². The van der Waals surface area contributed by atoms with Crippen molar-refractivity contribution < 1.29 is 23.5 Å². The third-order valence-electron chi connectivity index (χ3n) is 4.41. The highest BCUT2D eigenvalue weighted by Gasteiger charge is 2.37. The van der Waals surface area contributed by atoms with Gasteiger partial charge in [-0.15, -0.1) is 0 Å². The summed E-state index contributed by atoms with van der Waals surface area (Å²) in [4.78, 5) is 25.7. The van der Waals surface area contributed by atoms with Crippen LogP contribution in [0, 0.1) is 5.82 Å². The van der Waals surface area contributed by atoms with E-state index in [0.29, 0.717) is 17.7 Å². The number of benzene rings is 2. The molecule has 1 aliphatic rings. The quantitative estimate of drug-likeness (QED) is 0.796. The molecule has 1 aliphatic heterocycles. The number of methoxy groups -OCH3 is 1.